The molecule has 0 aromatic heterocycles. The van der Waals surface area contributed by atoms with Gasteiger partial charge in [-0.1, -0.05) is 42.5 Å². The molecule has 2 rings (SSSR count). The molecule has 0 heterocycles. The SMILES string of the molecule is COc1cccc(C(O)CN)c1OCc1ccccc1. The van der Waals surface area contributed by atoms with E-state index in [-0.39, 0.29) is 6.54 Å². The van der Waals surface area contributed by atoms with Crippen LogP contribution in [0.4, 0.5) is 0 Å². The van der Waals surface area contributed by atoms with E-state index in [4.69, 9.17) is 15.2 Å². The molecular weight excluding hydrogens is 254 g/mol. The van der Waals surface area contributed by atoms with Gasteiger partial charge in [0, 0.05) is 12.1 Å². The summed E-state index contributed by atoms with van der Waals surface area (Å²) >= 11 is 0. The first-order valence-electron chi connectivity index (χ1n) is 6.48. The van der Waals surface area contributed by atoms with Crippen LogP contribution in [0.1, 0.15) is 17.2 Å². The molecule has 4 nitrogen and oxygen atoms in total. The number of aliphatic hydroxyl groups excluding tert-OH is 1. The topological polar surface area (TPSA) is 64.7 Å². The fourth-order valence-electron chi connectivity index (χ4n) is 1.97. The molecule has 2 aromatic rings. The Hall–Kier alpha value is -2.04. The zero-order valence-electron chi connectivity index (χ0n) is 11.5. The van der Waals surface area contributed by atoms with Crippen molar-refractivity contribution in [3.8, 4) is 11.5 Å². The van der Waals surface area contributed by atoms with Crippen molar-refractivity contribution < 1.29 is 14.6 Å². The minimum Gasteiger partial charge on any atom is -0.493 e. The van der Waals surface area contributed by atoms with Crippen LogP contribution in [-0.4, -0.2) is 18.8 Å². The van der Waals surface area contributed by atoms with Gasteiger partial charge < -0.3 is 20.3 Å². The molecule has 0 fully saturated rings. The van der Waals surface area contributed by atoms with Crippen LogP contribution < -0.4 is 15.2 Å². The van der Waals surface area contributed by atoms with Crippen LogP contribution in [0.5, 0.6) is 11.5 Å². The first-order valence-corrected chi connectivity index (χ1v) is 6.48. The van der Waals surface area contributed by atoms with Gasteiger partial charge in [0.15, 0.2) is 11.5 Å². The normalized spacial score (nSPS) is 11.9. The Morgan fingerprint density at radius 2 is 1.85 bits per heavy atom. The summed E-state index contributed by atoms with van der Waals surface area (Å²) < 4.78 is 11.1. The van der Waals surface area contributed by atoms with Crippen LogP contribution in [0, 0.1) is 0 Å². The highest BCUT2D eigenvalue weighted by Crippen LogP contribution is 2.35. The Morgan fingerprint density at radius 3 is 2.50 bits per heavy atom. The summed E-state index contributed by atoms with van der Waals surface area (Å²) in [5, 5.41) is 9.97. The second-order valence-corrected chi connectivity index (χ2v) is 4.40. The van der Waals surface area contributed by atoms with Crippen LogP contribution in [0.15, 0.2) is 48.5 Å². The van der Waals surface area contributed by atoms with Gasteiger partial charge >= 0.3 is 0 Å². The molecule has 0 bridgehead atoms. The largest absolute Gasteiger partial charge is 0.493 e. The first kappa shape index (κ1) is 14.4. The lowest BCUT2D eigenvalue weighted by Gasteiger charge is -2.17. The first-order chi connectivity index (χ1) is 9.76. The fourth-order valence-corrected chi connectivity index (χ4v) is 1.97. The molecule has 0 aliphatic carbocycles. The van der Waals surface area contributed by atoms with Gasteiger partial charge in [-0.15, -0.1) is 0 Å². The van der Waals surface area contributed by atoms with Crippen LogP contribution in [0.3, 0.4) is 0 Å². The Labute approximate surface area is 118 Å². The number of ether oxygens (including phenoxy) is 2. The molecule has 20 heavy (non-hydrogen) atoms. The maximum absolute atomic E-state index is 9.97. The Bertz CT molecular complexity index is 543. The number of rotatable bonds is 6. The molecule has 0 aliphatic rings. The summed E-state index contributed by atoms with van der Waals surface area (Å²) in [4.78, 5) is 0. The molecule has 0 aliphatic heterocycles. The van der Waals surface area contributed by atoms with E-state index in [0.717, 1.165) is 5.56 Å². The van der Waals surface area contributed by atoms with Crippen LogP contribution >= 0.6 is 0 Å². The van der Waals surface area contributed by atoms with Crippen molar-refractivity contribution in [2.24, 2.45) is 5.73 Å². The molecular formula is C16H19NO3. The van der Waals surface area contributed by atoms with E-state index in [1.807, 2.05) is 36.4 Å². The predicted octanol–water partition coefficient (Wildman–Crippen LogP) is 2.27. The lowest BCUT2D eigenvalue weighted by molar-refractivity contribution is 0.176. The summed E-state index contributed by atoms with van der Waals surface area (Å²) in [7, 11) is 1.57. The van der Waals surface area contributed by atoms with Gasteiger partial charge in [0.25, 0.3) is 0 Å². The monoisotopic (exact) mass is 273 g/mol. The average Bonchev–Trinajstić information content (AvgIpc) is 2.52. The summed E-state index contributed by atoms with van der Waals surface area (Å²) in [5.41, 5.74) is 7.21. The van der Waals surface area contributed by atoms with E-state index in [1.165, 1.54) is 0 Å². The van der Waals surface area contributed by atoms with Crippen LogP contribution in [0.2, 0.25) is 0 Å². The van der Waals surface area contributed by atoms with E-state index >= 15 is 0 Å². The molecule has 2 aromatic carbocycles. The summed E-state index contributed by atoms with van der Waals surface area (Å²) in [6.07, 6.45) is -0.768. The molecule has 0 saturated heterocycles. The minimum atomic E-state index is -0.768. The highest BCUT2D eigenvalue weighted by atomic mass is 16.5. The average molecular weight is 273 g/mol. The Morgan fingerprint density at radius 1 is 1.10 bits per heavy atom. The van der Waals surface area contributed by atoms with Gasteiger partial charge in [-0.25, -0.2) is 0 Å². The van der Waals surface area contributed by atoms with Crippen molar-refractivity contribution >= 4 is 0 Å². The number of nitrogens with two attached hydrogens (primary N) is 1. The van der Waals surface area contributed by atoms with Crippen molar-refractivity contribution in [2.45, 2.75) is 12.7 Å². The zero-order valence-corrected chi connectivity index (χ0v) is 11.5. The molecule has 0 spiro atoms. The number of hydrogen-bond acceptors (Lipinski definition) is 4. The third-order valence-corrected chi connectivity index (χ3v) is 3.04. The predicted molar refractivity (Wildman–Crippen MR) is 77.8 cm³/mol. The third kappa shape index (κ3) is 3.29. The molecule has 106 valence electrons. The van der Waals surface area contributed by atoms with Gasteiger partial charge in [0.05, 0.1) is 13.2 Å². The van der Waals surface area contributed by atoms with Crippen LogP contribution in [-0.2, 0) is 6.61 Å². The van der Waals surface area contributed by atoms with Gasteiger partial charge in [0.1, 0.15) is 6.61 Å². The Balaban J connectivity index is 2.24. The fraction of sp³-hybridized carbons (Fsp3) is 0.250. The number of benzene rings is 2. The number of aliphatic hydroxyl groups is 1. The maximum Gasteiger partial charge on any atom is 0.167 e. The maximum atomic E-state index is 9.97. The molecule has 4 heteroatoms. The quantitative estimate of drug-likeness (QED) is 0.847. The number of hydrogen-bond donors (Lipinski definition) is 2. The van der Waals surface area contributed by atoms with E-state index < -0.39 is 6.10 Å². The third-order valence-electron chi connectivity index (χ3n) is 3.04. The van der Waals surface area contributed by atoms with Gasteiger partial charge in [0.2, 0.25) is 0 Å². The summed E-state index contributed by atoms with van der Waals surface area (Å²) in [6.45, 7) is 0.542. The highest BCUT2D eigenvalue weighted by molar-refractivity contribution is 5.47. The number of methoxy groups -OCH3 is 1. The highest BCUT2D eigenvalue weighted by Gasteiger charge is 2.16. The lowest BCUT2D eigenvalue weighted by Crippen LogP contribution is -2.13. The summed E-state index contributed by atoms with van der Waals surface area (Å²) in [6, 6.07) is 15.2. The van der Waals surface area contributed by atoms with Crippen molar-refractivity contribution in [2.75, 3.05) is 13.7 Å². The van der Waals surface area contributed by atoms with Gasteiger partial charge in [-0.2, -0.15) is 0 Å². The zero-order chi connectivity index (χ0) is 14.4. The van der Waals surface area contributed by atoms with Crippen molar-refractivity contribution in [3.63, 3.8) is 0 Å². The smallest absolute Gasteiger partial charge is 0.167 e. The van der Waals surface area contributed by atoms with Gasteiger partial charge in [-0.05, 0) is 11.6 Å². The van der Waals surface area contributed by atoms with E-state index in [2.05, 4.69) is 0 Å². The molecule has 0 radical (unpaired) electrons. The van der Waals surface area contributed by atoms with E-state index in [1.54, 1.807) is 19.2 Å². The van der Waals surface area contributed by atoms with E-state index in [0.29, 0.717) is 23.7 Å². The van der Waals surface area contributed by atoms with E-state index in [9.17, 15) is 5.11 Å². The van der Waals surface area contributed by atoms with Gasteiger partial charge in [-0.3, -0.25) is 0 Å². The lowest BCUT2D eigenvalue weighted by atomic mass is 10.1. The van der Waals surface area contributed by atoms with Crippen molar-refractivity contribution in [1.82, 2.24) is 0 Å². The molecule has 1 unspecified atom stereocenters. The second kappa shape index (κ2) is 6.93. The molecule has 1 atom stereocenters. The molecule has 3 N–H and O–H groups in total. The summed E-state index contributed by atoms with van der Waals surface area (Å²) in [5.74, 6) is 1.13. The van der Waals surface area contributed by atoms with Crippen molar-refractivity contribution in [3.05, 3.63) is 59.7 Å². The molecule has 0 amide bonds. The second-order valence-electron chi connectivity index (χ2n) is 4.40. The minimum absolute atomic E-state index is 0.134. The number of para-hydroxylation sites is 1. The standard InChI is InChI=1S/C16H19NO3/c1-19-15-9-5-8-13(14(18)10-17)16(15)20-11-12-6-3-2-4-7-12/h2-9,14,18H,10-11,17H2,1H3. The Kier molecular flexibility index (Phi) is 4.98. The molecule has 0 saturated carbocycles. The van der Waals surface area contributed by atoms with Crippen LogP contribution in [0.25, 0.3) is 0 Å². The van der Waals surface area contributed by atoms with Crippen molar-refractivity contribution in [1.29, 1.82) is 0 Å².